The molecule has 1 atom stereocenters. The van der Waals surface area contributed by atoms with Gasteiger partial charge in [-0.3, -0.25) is 0 Å². The topological polar surface area (TPSA) is 0 Å². The second kappa shape index (κ2) is 5.30. The first-order valence-corrected chi connectivity index (χ1v) is 8.34. The van der Waals surface area contributed by atoms with Crippen LogP contribution in [0.1, 0.15) is 29.0 Å². The van der Waals surface area contributed by atoms with Crippen LogP contribution in [0.25, 0.3) is 16.8 Å². The van der Waals surface area contributed by atoms with Crippen LogP contribution < -0.4 is 0 Å². The van der Waals surface area contributed by atoms with E-state index in [0.29, 0.717) is 5.92 Å². The van der Waals surface area contributed by atoms with Crippen molar-refractivity contribution in [3.63, 3.8) is 0 Å². The highest BCUT2D eigenvalue weighted by atomic mass is 127. The Bertz CT molecular complexity index is 845. The molecule has 4 rings (SSSR count). The molecule has 21 heavy (non-hydrogen) atoms. The molecular formula is C20H15I. The molecule has 0 aliphatic heterocycles. The number of fused-ring (bicyclic) bond motifs is 2. The fourth-order valence-electron chi connectivity index (χ4n) is 3.23. The van der Waals surface area contributed by atoms with Gasteiger partial charge in [-0.15, -0.1) is 0 Å². The van der Waals surface area contributed by atoms with Gasteiger partial charge in [0.25, 0.3) is 0 Å². The Hall–Kier alpha value is -1.61. The van der Waals surface area contributed by atoms with Crippen LogP contribution in [0.15, 0.2) is 66.7 Å². The molecule has 0 saturated heterocycles. The van der Waals surface area contributed by atoms with Crippen LogP contribution in [0.3, 0.4) is 0 Å². The Morgan fingerprint density at radius 3 is 2.33 bits per heavy atom. The van der Waals surface area contributed by atoms with Crippen molar-refractivity contribution in [1.29, 1.82) is 0 Å². The van der Waals surface area contributed by atoms with Gasteiger partial charge in [0.2, 0.25) is 0 Å². The Balaban J connectivity index is 1.93. The molecule has 0 amide bonds. The third kappa shape index (κ3) is 2.30. The van der Waals surface area contributed by atoms with Crippen molar-refractivity contribution in [2.45, 2.75) is 12.3 Å². The van der Waals surface area contributed by atoms with E-state index < -0.39 is 0 Å². The average molecular weight is 382 g/mol. The molecular weight excluding hydrogens is 367 g/mol. The Labute approximate surface area is 138 Å². The summed E-state index contributed by atoms with van der Waals surface area (Å²) >= 11 is 2.46. The lowest BCUT2D eigenvalue weighted by atomic mass is 9.81. The van der Waals surface area contributed by atoms with E-state index in [9.17, 15) is 0 Å². The molecule has 0 bridgehead atoms. The highest BCUT2D eigenvalue weighted by Crippen LogP contribution is 2.38. The molecule has 1 aliphatic carbocycles. The van der Waals surface area contributed by atoms with Crippen molar-refractivity contribution < 1.29 is 0 Å². The minimum atomic E-state index is 0.475. The normalized spacial score (nSPS) is 16.9. The summed E-state index contributed by atoms with van der Waals surface area (Å²) in [7, 11) is 0. The third-order valence-corrected chi connectivity index (χ3v) is 5.26. The third-order valence-electron chi connectivity index (χ3n) is 4.28. The molecule has 1 unspecified atom stereocenters. The van der Waals surface area contributed by atoms with E-state index >= 15 is 0 Å². The van der Waals surface area contributed by atoms with E-state index in [4.69, 9.17) is 0 Å². The van der Waals surface area contributed by atoms with Crippen LogP contribution in [0, 0.1) is 3.57 Å². The minimum absolute atomic E-state index is 0.475. The minimum Gasteiger partial charge on any atom is -0.0830 e. The van der Waals surface area contributed by atoms with Gasteiger partial charge < -0.3 is 0 Å². The number of hydrogen-bond acceptors (Lipinski definition) is 0. The highest BCUT2D eigenvalue weighted by molar-refractivity contribution is 14.1. The Morgan fingerprint density at radius 1 is 0.810 bits per heavy atom. The van der Waals surface area contributed by atoms with Crippen molar-refractivity contribution >= 4 is 39.4 Å². The molecule has 0 heterocycles. The molecule has 3 aromatic carbocycles. The van der Waals surface area contributed by atoms with Crippen LogP contribution in [-0.4, -0.2) is 0 Å². The smallest absolute Gasteiger partial charge is 0.0168 e. The quantitative estimate of drug-likeness (QED) is 0.454. The Kier molecular flexibility index (Phi) is 3.30. The monoisotopic (exact) mass is 382 g/mol. The van der Waals surface area contributed by atoms with Gasteiger partial charge in [-0.1, -0.05) is 54.6 Å². The highest BCUT2D eigenvalue weighted by Gasteiger charge is 2.21. The maximum Gasteiger partial charge on any atom is 0.0168 e. The molecule has 0 nitrogen and oxygen atoms in total. The number of benzene rings is 3. The molecule has 1 aliphatic rings. The van der Waals surface area contributed by atoms with Crippen LogP contribution >= 0.6 is 22.6 Å². The van der Waals surface area contributed by atoms with E-state index in [1.807, 2.05) is 0 Å². The van der Waals surface area contributed by atoms with Crippen LogP contribution in [0.4, 0.5) is 0 Å². The summed E-state index contributed by atoms with van der Waals surface area (Å²) < 4.78 is 1.36. The molecule has 0 fully saturated rings. The fourth-order valence-corrected chi connectivity index (χ4v) is 4.00. The van der Waals surface area contributed by atoms with Gasteiger partial charge in [0.15, 0.2) is 0 Å². The summed E-state index contributed by atoms with van der Waals surface area (Å²) in [5.41, 5.74) is 4.27. The first kappa shape index (κ1) is 13.1. The lowest BCUT2D eigenvalue weighted by Crippen LogP contribution is -2.07. The summed E-state index contributed by atoms with van der Waals surface area (Å²) in [6, 6.07) is 22.1. The lowest BCUT2D eigenvalue weighted by molar-refractivity contribution is 0.816. The zero-order valence-electron chi connectivity index (χ0n) is 11.6. The maximum atomic E-state index is 2.46. The summed E-state index contributed by atoms with van der Waals surface area (Å²) in [5.74, 6) is 0.475. The molecule has 1 heteroatoms. The molecule has 0 spiro atoms. The second-order valence-electron chi connectivity index (χ2n) is 5.54. The number of rotatable bonds is 1. The summed E-state index contributed by atoms with van der Waals surface area (Å²) in [5, 5.41) is 2.66. The van der Waals surface area contributed by atoms with Crippen LogP contribution in [-0.2, 0) is 0 Å². The molecule has 0 aromatic heterocycles. The van der Waals surface area contributed by atoms with Gasteiger partial charge in [0, 0.05) is 9.49 Å². The summed E-state index contributed by atoms with van der Waals surface area (Å²) in [4.78, 5) is 0. The molecule has 3 aromatic rings. The molecule has 0 saturated carbocycles. The largest absolute Gasteiger partial charge is 0.0830 e. The van der Waals surface area contributed by atoms with E-state index in [-0.39, 0.29) is 0 Å². The van der Waals surface area contributed by atoms with E-state index in [1.54, 1.807) is 0 Å². The molecule has 0 N–H and O–H groups in total. The van der Waals surface area contributed by atoms with Crippen molar-refractivity contribution in [3.05, 3.63) is 87.0 Å². The Morgan fingerprint density at radius 2 is 1.52 bits per heavy atom. The number of hydrogen-bond donors (Lipinski definition) is 0. The lowest BCUT2D eigenvalue weighted by Gasteiger charge is -2.24. The van der Waals surface area contributed by atoms with Gasteiger partial charge in [0.05, 0.1) is 0 Å². The predicted octanol–water partition coefficient (Wildman–Crippen LogP) is 5.99. The first-order valence-electron chi connectivity index (χ1n) is 7.26. The van der Waals surface area contributed by atoms with Gasteiger partial charge in [-0.05, 0) is 74.7 Å². The van der Waals surface area contributed by atoms with Gasteiger partial charge in [0.1, 0.15) is 0 Å². The average Bonchev–Trinajstić information content (AvgIpc) is 2.53. The van der Waals surface area contributed by atoms with E-state index in [1.165, 1.54) is 31.0 Å². The van der Waals surface area contributed by atoms with E-state index in [2.05, 4.69) is 95.4 Å². The van der Waals surface area contributed by atoms with Gasteiger partial charge >= 0.3 is 0 Å². The van der Waals surface area contributed by atoms with Crippen LogP contribution in [0.5, 0.6) is 0 Å². The second-order valence-corrected chi connectivity index (χ2v) is 6.70. The first-order chi connectivity index (χ1) is 10.3. The van der Waals surface area contributed by atoms with Crippen molar-refractivity contribution in [2.75, 3.05) is 0 Å². The maximum absolute atomic E-state index is 2.46. The zero-order valence-corrected chi connectivity index (χ0v) is 13.7. The predicted molar refractivity (Wildman–Crippen MR) is 98.6 cm³/mol. The fraction of sp³-hybridized carbons (Fsp3) is 0.100. The van der Waals surface area contributed by atoms with Crippen LogP contribution in [0.2, 0.25) is 0 Å². The number of allylic oxidation sites excluding steroid dienone is 1. The SMILES string of the molecule is Ic1ccccc1C1CC=Cc2cc3ccccc3cc21. The van der Waals surface area contributed by atoms with Crippen molar-refractivity contribution in [1.82, 2.24) is 0 Å². The summed E-state index contributed by atoms with van der Waals surface area (Å²) in [6.07, 6.45) is 5.67. The standard InChI is InChI=1S/C20H15I/c21-20-11-4-3-9-18(20)17-10-5-8-16-12-14-6-1-2-7-15(14)13-19(16)17/h1-9,11-13,17H,10H2. The van der Waals surface area contributed by atoms with E-state index in [0.717, 1.165) is 6.42 Å². The molecule has 102 valence electrons. The van der Waals surface area contributed by atoms with Gasteiger partial charge in [-0.25, -0.2) is 0 Å². The van der Waals surface area contributed by atoms with Crippen molar-refractivity contribution in [2.24, 2.45) is 0 Å². The van der Waals surface area contributed by atoms with Crippen molar-refractivity contribution in [3.8, 4) is 0 Å². The number of halogens is 1. The zero-order chi connectivity index (χ0) is 14.2. The van der Waals surface area contributed by atoms with Gasteiger partial charge in [-0.2, -0.15) is 0 Å². The summed E-state index contributed by atoms with van der Waals surface area (Å²) in [6.45, 7) is 0. The molecule has 0 radical (unpaired) electrons.